The number of hydrogen-bond acceptors (Lipinski definition) is 4. The van der Waals surface area contributed by atoms with Gasteiger partial charge >= 0.3 is 0 Å². The maximum Gasteiger partial charge on any atom is 0.241 e. The summed E-state index contributed by atoms with van der Waals surface area (Å²) in [7, 11) is -1.46. The second kappa shape index (κ2) is 10.8. The molecule has 1 aliphatic heterocycles. The number of carbonyl (C=O) groups excluding carboxylic acids is 1. The molecule has 36 heavy (non-hydrogen) atoms. The minimum absolute atomic E-state index is 0.0989. The zero-order chi connectivity index (χ0) is 25.9. The number of anilines is 1. The third-order valence-electron chi connectivity index (χ3n) is 7.03. The molecule has 1 saturated carbocycles. The fourth-order valence-corrected chi connectivity index (χ4v) is 5.59. The van der Waals surface area contributed by atoms with Crippen LogP contribution < -0.4 is 15.4 Å². The molecule has 2 aliphatic rings. The number of hydrogen-bond donors (Lipinski definition) is 3. The summed E-state index contributed by atoms with van der Waals surface area (Å²) >= 11 is 0. The molecule has 3 N–H and O–H groups in total. The van der Waals surface area contributed by atoms with Gasteiger partial charge in [0.1, 0.15) is 5.82 Å². The zero-order valence-corrected chi connectivity index (χ0v) is 22.0. The fourth-order valence-electron chi connectivity index (χ4n) is 4.63. The number of rotatable bonds is 9. The van der Waals surface area contributed by atoms with E-state index in [4.69, 9.17) is 0 Å². The van der Waals surface area contributed by atoms with Gasteiger partial charge in [0.2, 0.25) is 5.91 Å². The summed E-state index contributed by atoms with van der Waals surface area (Å²) in [5, 5.41) is 15.5. The van der Waals surface area contributed by atoms with Crippen molar-refractivity contribution in [3.05, 3.63) is 65.0 Å². The summed E-state index contributed by atoms with van der Waals surface area (Å²) in [6.45, 7) is 6.47. The first-order chi connectivity index (χ1) is 17.1. The molecule has 2 unspecified atom stereocenters. The first kappa shape index (κ1) is 26.5. The lowest BCUT2D eigenvalue weighted by Crippen LogP contribution is -2.49. The van der Waals surface area contributed by atoms with E-state index in [1.165, 1.54) is 6.07 Å². The van der Waals surface area contributed by atoms with E-state index in [-0.39, 0.29) is 17.6 Å². The second-order valence-corrected chi connectivity index (χ2v) is 12.9. The summed E-state index contributed by atoms with van der Waals surface area (Å²) in [5.74, 6) is -0.185. The summed E-state index contributed by atoms with van der Waals surface area (Å²) in [5.41, 5.74) is 1.15. The normalized spacial score (nSPS) is 20.4. The molecule has 192 valence electrons. The van der Waals surface area contributed by atoms with Crippen molar-refractivity contribution in [3.63, 3.8) is 0 Å². The Morgan fingerprint density at radius 1 is 1.17 bits per heavy atom. The van der Waals surface area contributed by atoms with Gasteiger partial charge in [0.05, 0.1) is 44.6 Å². The highest BCUT2D eigenvalue weighted by Gasteiger charge is 2.40. The predicted molar refractivity (Wildman–Crippen MR) is 141 cm³/mol. The van der Waals surface area contributed by atoms with E-state index in [1.807, 2.05) is 39.0 Å². The van der Waals surface area contributed by atoms with Crippen molar-refractivity contribution in [1.29, 1.82) is 5.26 Å². The van der Waals surface area contributed by atoms with Crippen LogP contribution in [0, 0.1) is 23.1 Å². The average molecular weight is 511 g/mol. The van der Waals surface area contributed by atoms with Crippen molar-refractivity contribution in [3.8, 4) is 6.07 Å². The number of carbonyl (C=O) groups is 1. The van der Waals surface area contributed by atoms with Crippen LogP contribution >= 0.6 is 0 Å². The van der Waals surface area contributed by atoms with E-state index in [2.05, 4.69) is 21.4 Å². The lowest BCUT2D eigenvalue weighted by molar-refractivity contribution is -0.117. The quantitative estimate of drug-likeness (QED) is 0.449. The SMILES string of the molecule is CC(C)(C)[S@@](=O)NC(CCC1CC1)(c1cccc(C#N)c1)c1ccc(F)c(NC(=O)C2CCCN2)c1. The number of nitriles is 1. The van der Waals surface area contributed by atoms with Crippen LogP contribution in [0.1, 0.15) is 76.0 Å². The van der Waals surface area contributed by atoms with Gasteiger partial charge in [-0.05, 0) is 94.3 Å². The van der Waals surface area contributed by atoms with Gasteiger partial charge in [-0.2, -0.15) is 5.26 Å². The number of halogens is 1. The lowest BCUT2D eigenvalue weighted by Gasteiger charge is -2.38. The Bertz CT molecular complexity index is 1180. The molecule has 0 aromatic heterocycles. The van der Waals surface area contributed by atoms with E-state index in [1.54, 1.807) is 18.2 Å². The van der Waals surface area contributed by atoms with Gasteiger partial charge in [-0.3, -0.25) is 4.79 Å². The second-order valence-electron chi connectivity index (χ2n) is 10.9. The van der Waals surface area contributed by atoms with Crippen LogP contribution in [0.25, 0.3) is 0 Å². The zero-order valence-electron chi connectivity index (χ0n) is 21.2. The molecule has 2 aromatic carbocycles. The number of nitrogens with zero attached hydrogens (tertiary/aromatic N) is 1. The van der Waals surface area contributed by atoms with Gasteiger partial charge < -0.3 is 10.6 Å². The van der Waals surface area contributed by atoms with E-state index in [0.717, 1.165) is 37.8 Å². The van der Waals surface area contributed by atoms with Crippen molar-refractivity contribution in [2.75, 3.05) is 11.9 Å². The molecule has 1 heterocycles. The highest BCUT2D eigenvalue weighted by molar-refractivity contribution is 7.84. The Morgan fingerprint density at radius 3 is 2.56 bits per heavy atom. The van der Waals surface area contributed by atoms with Gasteiger partial charge in [0.25, 0.3) is 0 Å². The third-order valence-corrected chi connectivity index (χ3v) is 8.67. The molecule has 0 spiro atoms. The van der Waals surface area contributed by atoms with Crippen LogP contribution in [0.5, 0.6) is 0 Å². The molecule has 0 radical (unpaired) electrons. The van der Waals surface area contributed by atoms with Crippen molar-refractivity contribution in [2.24, 2.45) is 5.92 Å². The monoisotopic (exact) mass is 510 g/mol. The Kier molecular flexibility index (Phi) is 7.93. The minimum atomic E-state index is -1.46. The van der Waals surface area contributed by atoms with Gasteiger partial charge in [0.15, 0.2) is 0 Å². The third kappa shape index (κ3) is 6.03. The standard InChI is InChI=1S/C28H35FN4O2S/c1-27(2,3)36(35)33-28(14-13-19-9-10-19,21-7-4-6-20(16-21)18-30)22-11-12-23(29)25(17-22)32-26(34)24-8-5-15-31-24/h4,6-7,11-12,16-17,19,24,31,33H,5,8-10,13-15H2,1-3H3,(H,32,34)/t24?,28?,36-/m1/s1. The van der Waals surface area contributed by atoms with Crippen molar-refractivity contribution in [2.45, 2.75) is 75.6 Å². The summed E-state index contributed by atoms with van der Waals surface area (Å²) in [6, 6.07) is 13.8. The van der Waals surface area contributed by atoms with Crippen LogP contribution in [-0.2, 0) is 21.3 Å². The van der Waals surface area contributed by atoms with Crippen molar-refractivity contribution in [1.82, 2.24) is 10.0 Å². The van der Waals surface area contributed by atoms with Gasteiger partial charge in [-0.15, -0.1) is 0 Å². The number of benzene rings is 2. The smallest absolute Gasteiger partial charge is 0.241 e. The fraction of sp³-hybridized carbons (Fsp3) is 0.500. The van der Waals surface area contributed by atoms with E-state index in [9.17, 15) is 18.7 Å². The van der Waals surface area contributed by atoms with Crippen LogP contribution in [0.2, 0.25) is 0 Å². The molecular formula is C28H35FN4O2S. The minimum Gasteiger partial charge on any atom is -0.322 e. The maximum atomic E-state index is 14.9. The van der Waals surface area contributed by atoms with Crippen molar-refractivity contribution >= 4 is 22.6 Å². The maximum absolute atomic E-state index is 14.9. The number of nitrogens with one attached hydrogen (secondary N) is 3. The first-order valence-corrected chi connectivity index (χ1v) is 13.8. The Labute approximate surface area is 215 Å². The highest BCUT2D eigenvalue weighted by atomic mass is 32.2. The van der Waals surface area contributed by atoms with E-state index >= 15 is 0 Å². The largest absolute Gasteiger partial charge is 0.322 e. The molecule has 4 rings (SSSR count). The van der Waals surface area contributed by atoms with Crippen molar-refractivity contribution < 1.29 is 13.4 Å². The summed E-state index contributed by atoms with van der Waals surface area (Å²) < 4.78 is 31.3. The lowest BCUT2D eigenvalue weighted by atomic mass is 9.79. The molecule has 6 nitrogen and oxygen atoms in total. The molecule has 1 aliphatic carbocycles. The Balaban J connectivity index is 1.81. The molecule has 1 amide bonds. The van der Waals surface area contributed by atoms with Crippen LogP contribution in [0.4, 0.5) is 10.1 Å². The highest BCUT2D eigenvalue weighted by Crippen LogP contribution is 2.43. The first-order valence-electron chi connectivity index (χ1n) is 12.7. The molecule has 8 heteroatoms. The Morgan fingerprint density at radius 2 is 1.92 bits per heavy atom. The number of amides is 1. The predicted octanol–water partition coefficient (Wildman–Crippen LogP) is 4.87. The van der Waals surface area contributed by atoms with Gasteiger partial charge in [0, 0.05) is 0 Å². The van der Waals surface area contributed by atoms with Crippen LogP contribution in [0.15, 0.2) is 42.5 Å². The molecular weight excluding hydrogens is 475 g/mol. The Hall–Kier alpha value is -2.60. The summed E-state index contributed by atoms with van der Waals surface area (Å²) in [4.78, 5) is 12.8. The van der Waals surface area contributed by atoms with E-state index < -0.39 is 27.1 Å². The van der Waals surface area contributed by atoms with Gasteiger partial charge in [-0.1, -0.05) is 31.0 Å². The average Bonchev–Trinajstić information content (AvgIpc) is 3.52. The van der Waals surface area contributed by atoms with Crippen LogP contribution in [0.3, 0.4) is 0 Å². The van der Waals surface area contributed by atoms with Gasteiger partial charge in [-0.25, -0.2) is 13.3 Å². The van der Waals surface area contributed by atoms with E-state index in [0.29, 0.717) is 29.9 Å². The molecule has 3 atom stereocenters. The molecule has 2 aromatic rings. The topological polar surface area (TPSA) is 94.0 Å². The summed E-state index contributed by atoms with van der Waals surface area (Å²) in [6.07, 6.45) is 5.47. The molecule has 1 saturated heterocycles. The molecule has 0 bridgehead atoms. The molecule has 2 fully saturated rings. The van der Waals surface area contributed by atoms with Crippen LogP contribution in [-0.4, -0.2) is 27.4 Å².